The van der Waals surface area contributed by atoms with Crippen molar-refractivity contribution in [3.8, 4) is 0 Å². The van der Waals surface area contributed by atoms with Crippen molar-refractivity contribution in [2.45, 2.75) is 6.42 Å². The first kappa shape index (κ1) is 12.0. The Kier molecular flexibility index (Phi) is 2.90. The molecule has 1 aromatic heterocycles. The van der Waals surface area contributed by atoms with E-state index in [1.54, 1.807) is 17.9 Å². The van der Waals surface area contributed by atoms with Crippen LogP contribution < -0.4 is 4.90 Å². The van der Waals surface area contributed by atoms with Crippen molar-refractivity contribution < 1.29 is 17.1 Å². The van der Waals surface area contributed by atoms with Crippen molar-refractivity contribution in [3.63, 3.8) is 0 Å². The molecule has 0 radical (unpaired) electrons. The molecule has 0 N–H and O–H groups in total. The third kappa shape index (κ3) is 2.82. The minimum Gasteiger partial charge on any atom is -0.309 e. The Morgan fingerprint density at radius 3 is 2.82 bits per heavy atom. The number of nitrogens with zero attached hydrogens (tertiary/aromatic N) is 3. The molecule has 0 aromatic carbocycles. The Morgan fingerprint density at radius 1 is 1.59 bits per heavy atom. The van der Waals surface area contributed by atoms with Gasteiger partial charge in [0.05, 0.1) is 17.6 Å². The normalized spacial score (nSPS) is 21.2. The number of aromatic nitrogens is 2. The molecule has 1 aromatic rings. The largest absolute Gasteiger partial charge is 0.309 e. The van der Waals surface area contributed by atoms with Gasteiger partial charge in [0, 0.05) is 32.1 Å². The summed E-state index contributed by atoms with van der Waals surface area (Å²) in [6, 6.07) is 0. The monoisotopic (exact) mass is 261 g/mol. The molecule has 1 amide bonds. The number of carbonyl (C=O) groups excluding carboxylic acids is 1. The first-order valence-corrected chi connectivity index (χ1v) is 6.62. The zero-order valence-corrected chi connectivity index (χ0v) is 10.0. The van der Waals surface area contributed by atoms with Crippen LogP contribution in [0.25, 0.3) is 0 Å². The van der Waals surface area contributed by atoms with E-state index in [0.29, 0.717) is 5.69 Å². The van der Waals surface area contributed by atoms with Crippen LogP contribution in [0.5, 0.6) is 0 Å². The number of amides is 1. The molecule has 0 bridgehead atoms. The highest BCUT2D eigenvalue weighted by atomic mass is 32.3. The van der Waals surface area contributed by atoms with Crippen molar-refractivity contribution in [3.05, 3.63) is 12.4 Å². The Hall–Kier alpha value is -1.44. The van der Waals surface area contributed by atoms with Crippen LogP contribution in [0.1, 0.15) is 6.42 Å². The highest BCUT2D eigenvalue weighted by Crippen LogP contribution is 2.25. The van der Waals surface area contributed by atoms with Gasteiger partial charge in [-0.3, -0.25) is 9.48 Å². The molecule has 17 heavy (non-hydrogen) atoms. The predicted molar refractivity (Wildman–Crippen MR) is 58.6 cm³/mol. The SMILES string of the molecule is Cn1cc(N2CC(CS(=O)(=O)F)CC2=O)cn1. The number of aryl methyl sites for hydroxylation is 1. The van der Waals surface area contributed by atoms with Gasteiger partial charge in [-0.2, -0.15) is 13.5 Å². The van der Waals surface area contributed by atoms with Crippen molar-refractivity contribution in [2.24, 2.45) is 13.0 Å². The van der Waals surface area contributed by atoms with Gasteiger partial charge < -0.3 is 4.90 Å². The molecule has 1 fully saturated rings. The molecule has 2 rings (SSSR count). The standard InChI is InChI=1S/C9H12FN3O3S/c1-12-5-8(3-11-12)13-4-7(2-9(13)14)6-17(10,15)16/h3,5,7H,2,4,6H2,1H3. The summed E-state index contributed by atoms with van der Waals surface area (Å²) in [4.78, 5) is 13.1. The summed E-state index contributed by atoms with van der Waals surface area (Å²) in [6.45, 7) is 0.216. The molecule has 0 saturated carbocycles. The summed E-state index contributed by atoms with van der Waals surface area (Å²) in [5.74, 6) is -1.29. The van der Waals surface area contributed by atoms with Gasteiger partial charge in [-0.15, -0.1) is 3.89 Å². The number of anilines is 1. The van der Waals surface area contributed by atoms with Crippen LogP contribution in [0, 0.1) is 5.92 Å². The molecule has 1 atom stereocenters. The molecule has 1 aliphatic heterocycles. The molecule has 6 nitrogen and oxygen atoms in total. The van der Waals surface area contributed by atoms with Gasteiger partial charge in [-0.1, -0.05) is 0 Å². The lowest BCUT2D eigenvalue weighted by Gasteiger charge is -2.13. The zero-order valence-electron chi connectivity index (χ0n) is 9.21. The van der Waals surface area contributed by atoms with E-state index in [1.807, 2.05) is 0 Å². The molecular weight excluding hydrogens is 249 g/mol. The summed E-state index contributed by atoms with van der Waals surface area (Å²) < 4.78 is 35.1. The maximum atomic E-state index is 12.5. The Morgan fingerprint density at radius 2 is 2.29 bits per heavy atom. The average Bonchev–Trinajstić information content (AvgIpc) is 2.70. The second kappa shape index (κ2) is 4.10. The molecule has 0 spiro atoms. The van der Waals surface area contributed by atoms with Crippen LogP contribution in [-0.4, -0.2) is 36.4 Å². The van der Waals surface area contributed by atoms with Crippen molar-refractivity contribution in [1.29, 1.82) is 0 Å². The van der Waals surface area contributed by atoms with Gasteiger partial charge in [0.15, 0.2) is 0 Å². The van der Waals surface area contributed by atoms with Crippen LogP contribution in [0.3, 0.4) is 0 Å². The smallest absolute Gasteiger partial charge is 0.302 e. The van der Waals surface area contributed by atoms with E-state index in [-0.39, 0.29) is 18.9 Å². The van der Waals surface area contributed by atoms with Crippen LogP contribution in [0.2, 0.25) is 0 Å². The van der Waals surface area contributed by atoms with E-state index < -0.39 is 21.9 Å². The van der Waals surface area contributed by atoms with Gasteiger partial charge in [0.2, 0.25) is 5.91 Å². The Labute approximate surface area is 98.2 Å². The van der Waals surface area contributed by atoms with Crippen molar-refractivity contribution >= 4 is 21.8 Å². The fourth-order valence-electron chi connectivity index (χ4n) is 1.97. The maximum Gasteiger partial charge on any atom is 0.302 e. The van der Waals surface area contributed by atoms with Crippen molar-refractivity contribution in [1.82, 2.24) is 9.78 Å². The van der Waals surface area contributed by atoms with Gasteiger partial charge in [-0.05, 0) is 0 Å². The summed E-state index contributed by atoms with van der Waals surface area (Å²) >= 11 is 0. The number of hydrogen-bond donors (Lipinski definition) is 0. The van der Waals surface area contributed by atoms with E-state index in [4.69, 9.17) is 0 Å². The Balaban J connectivity index is 2.10. The van der Waals surface area contributed by atoms with E-state index in [1.165, 1.54) is 11.1 Å². The van der Waals surface area contributed by atoms with Crippen LogP contribution >= 0.6 is 0 Å². The summed E-state index contributed by atoms with van der Waals surface area (Å²) in [5, 5.41) is 3.93. The summed E-state index contributed by atoms with van der Waals surface area (Å²) in [7, 11) is -2.82. The lowest BCUT2D eigenvalue weighted by Crippen LogP contribution is -2.24. The van der Waals surface area contributed by atoms with E-state index >= 15 is 0 Å². The third-order valence-electron chi connectivity index (χ3n) is 2.64. The maximum absolute atomic E-state index is 12.5. The highest BCUT2D eigenvalue weighted by molar-refractivity contribution is 7.86. The molecule has 1 unspecified atom stereocenters. The highest BCUT2D eigenvalue weighted by Gasteiger charge is 2.34. The quantitative estimate of drug-likeness (QED) is 0.722. The fourth-order valence-corrected chi connectivity index (χ4v) is 2.76. The first-order chi connectivity index (χ1) is 7.85. The van der Waals surface area contributed by atoms with E-state index in [2.05, 4.69) is 5.10 Å². The van der Waals surface area contributed by atoms with Crippen LogP contribution in [0.4, 0.5) is 9.57 Å². The molecule has 94 valence electrons. The average molecular weight is 261 g/mol. The van der Waals surface area contributed by atoms with Crippen molar-refractivity contribution in [2.75, 3.05) is 17.2 Å². The minimum atomic E-state index is -4.53. The molecular formula is C9H12FN3O3S. The predicted octanol–water partition coefficient (Wildman–Crippen LogP) is 0.0723. The number of hydrogen-bond acceptors (Lipinski definition) is 4. The van der Waals surface area contributed by atoms with E-state index in [9.17, 15) is 17.1 Å². The van der Waals surface area contributed by atoms with Crippen LogP contribution in [-0.2, 0) is 22.1 Å². The fraction of sp³-hybridized carbons (Fsp3) is 0.556. The zero-order chi connectivity index (χ0) is 12.6. The lowest BCUT2D eigenvalue weighted by molar-refractivity contribution is -0.117. The number of rotatable bonds is 3. The molecule has 2 heterocycles. The molecule has 1 saturated heterocycles. The molecule has 1 aliphatic rings. The Bertz CT molecular complexity index is 539. The van der Waals surface area contributed by atoms with Gasteiger partial charge >= 0.3 is 10.2 Å². The van der Waals surface area contributed by atoms with Gasteiger partial charge in [0.1, 0.15) is 0 Å². The minimum absolute atomic E-state index is 0.0536. The van der Waals surface area contributed by atoms with Gasteiger partial charge in [0.25, 0.3) is 0 Å². The van der Waals surface area contributed by atoms with Gasteiger partial charge in [-0.25, -0.2) is 0 Å². The number of carbonyl (C=O) groups is 1. The third-order valence-corrected chi connectivity index (χ3v) is 3.51. The first-order valence-electron chi connectivity index (χ1n) is 5.06. The summed E-state index contributed by atoms with van der Waals surface area (Å²) in [6.07, 6.45) is 3.23. The molecule has 8 heteroatoms. The molecule has 0 aliphatic carbocycles. The summed E-state index contributed by atoms with van der Waals surface area (Å²) in [5.41, 5.74) is 0.608. The number of halogens is 1. The van der Waals surface area contributed by atoms with Crippen LogP contribution in [0.15, 0.2) is 12.4 Å². The second-order valence-electron chi connectivity index (χ2n) is 4.15. The second-order valence-corrected chi connectivity index (χ2v) is 5.56. The lowest BCUT2D eigenvalue weighted by atomic mass is 10.1. The van der Waals surface area contributed by atoms with E-state index in [0.717, 1.165) is 0 Å². The topological polar surface area (TPSA) is 72.3 Å².